The van der Waals surface area contributed by atoms with Crippen molar-refractivity contribution < 1.29 is 4.79 Å². The van der Waals surface area contributed by atoms with Gasteiger partial charge in [0.25, 0.3) is 0 Å². The first-order valence-electron chi connectivity index (χ1n) is 10.4. The van der Waals surface area contributed by atoms with E-state index in [0.717, 1.165) is 19.4 Å². The summed E-state index contributed by atoms with van der Waals surface area (Å²) in [6.45, 7) is 2.95. The number of hydrogen-bond donors (Lipinski definition) is 1. The van der Waals surface area contributed by atoms with E-state index in [9.17, 15) is 4.79 Å². The molecule has 142 valence electrons. The second-order valence-corrected chi connectivity index (χ2v) is 8.41. The maximum absolute atomic E-state index is 12.8. The number of aryl methyl sites for hydroxylation is 1. The monoisotopic (exact) mass is 356 g/mol. The van der Waals surface area contributed by atoms with Crippen molar-refractivity contribution in [2.24, 2.45) is 13.0 Å². The third-order valence-electron chi connectivity index (χ3n) is 6.72. The van der Waals surface area contributed by atoms with Crippen LogP contribution in [0.2, 0.25) is 0 Å². The Kier molecular flexibility index (Phi) is 5.16. The van der Waals surface area contributed by atoms with Crippen LogP contribution in [0.25, 0.3) is 5.57 Å². The lowest BCUT2D eigenvalue weighted by molar-refractivity contribution is -0.127. The van der Waals surface area contributed by atoms with E-state index in [4.69, 9.17) is 0 Å². The Balaban J connectivity index is 1.39. The number of nitrogens with one attached hydrogen (secondary N) is 1. The topological polar surface area (TPSA) is 50.2 Å². The molecule has 1 aromatic rings. The zero-order chi connectivity index (χ0) is 18.1. The molecule has 0 radical (unpaired) electrons. The number of nitrogens with zero attached hydrogens (tertiary/aromatic N) is 3. The van der Waals surface area contributed by atoms with Crippen molar-refractivity contribution in [3.63, 3.8) is 0 Å². The van der Waals surface area contributed by atoms with Crippen LogP contribution in [0.3, 0.4) is 0 Å². The molecule has 26 heavy (non-hydrogen) atoms. The molecule has 1 aliphatic carbocycles. The van der Waals surface area contributed by atoms with Crippen LogP contribution in [-0.4, -0.2) is 45.3 Å². The minimum Gasteiger partial charge on any atom is -0.354 e. The van der Waals surface area contributed by atoms with Crippen LogP contribution in [0.15, 0.2) is 18.3 Å². The number of fused-ring (bicyclic) bond motifs is 2. The Morgan fingerprint density at radius 2 is 2.08 bits per heavy atom. The standard InChI is InChI=1S/C21H32N4O/c1-15(21(26)22-14-16-6-4-3-5-7-16)25-18-8-9-19(25)13-17(12-18)20-10-11-23-24(20)2/h10-12,15-16,18-19H,3-9,13-14H2,1-2H3,(H,22,26). The van der Waals surface area contributed by atoms with Gasteiger partial charge in [0.1, 0.15) is 0 Å². The van der Waals surface area contributed by atoms with Gasteiger partial charge in [0.05, 0.1) is 11.7 Å². The minimum absolute atomic E-state index is 0.0413. The van der Waals surface area contributed by atoms with Crippen molar-refractivity contribution in [1.29, 1.82) is 0 Å². The van der Waals surface area contributed by atoms with Gasteiger partial charge in [-0.15, -0.1) is 0 Å². The molecule has 1 saturated heterocycles. The van der Waals surface area contributed by atoms with Crippen LogP contribution < -0.4 is 5.32 Å². The molecule has 0 spiro atoms. The summed E-state index contributed by atoms with van der Waals surface area (Å²) in [4.78, 5) is 15.2. The molecular weight excluding hydrogens is 324 g/mol. The highest BCUT2D eigenvalue weighted by molar-refractivity contribution is 5.81. The molecule has 0 aromatic carbocycles. The lowest BCUT2D eigenvalue weighted by Gasteiger charge is -2.38. The van der Waals surface area contributed by atoms with E-state index in [1.807, 2.05) is 17.9 Å². The van der Waals surface area contributed by atoms with E-state index in [-0.39, 0.29) is 11.9 Å². The van der Waals surface area contributed by atoms with Gasteiger partial charge in [-0.25, -0.2) is 0 Å². The lowest BCUT2D eigenvalue weighted by atomic mass is 9.89. The number of carbonyl (C=O) groups excluding carboxylic acids is 1. The number of hydrogen-bond acceptors (Lipinski definition) is 3. The van der Waals surface area contributed by atoms with Crippen LogP contribution in [0.4, 0.5) is 0 Å². The molecule has 2 aliphatic heterocycles. The van der Waals surface area contributed by atoms with Gasteiger partial charge in [0, 0.05) is 31.9 Å². The molecule has 3 unspecified atom stereocenters. The van der Waals surface area contributed by atoms with Crippen LogP contribution in [0.5, 0.6) is 0 Å². The smallest absolute Gasteiger partial charge is 0.237 e. The number of carbonyl (C=O) groups is 1. The normalized spacial score (nSPS) is 28.0. The van der Waals surface area contributed by atoms with Gasteiger partial charge >= 0.3 is 0 Å². The molecule has 2 bridgehead atoms. The van der Waals surface area contributed by atoms with Crippen molar-refractivity contribution in [3.05, 3.63) is 24.0 Å². The van der Waals surface area contributed by atoms with Crippen molar-refractivity contribution in [1.82, 2.24) is 20.0 Å². The van der Waals surface area contributed by atoms with Gasteiger partial charge in [-0.3, -0.25) is 14.4 Å². The quantitative estimate of drug-likeness (QED) is 0.882. The minimum atomic E-state index is -0.0413. The van der Waals surface area contributed by atoms with E-state index in [1.165, 1.54) is 49.8 Å². The third-order valence-corrected chi connectivity index (χ3v) is 6.72. The summed E-state index contributed by atoms with van der Waals surface area (Å²) in [6.07, 6.45) is 14.2. The average molecular weight is 357 g/mol. The van der Waals surface area contributed by atoms with Gasteiger partial charge in [0.15, 0.2) is 0 Å². The summed E-state index contributed by atoms with van der Waals surface area (Å²) in [6, 6.07) is 2.92. The van der Waals surface area contributed by atoms with E-state index < -0.39 is 0 Å². The zero-order valence-corrected chi connectivity index (χ0v) is 16.2. The fourth-order valence-electron chi connectivity index (χ4n) is 5.26. The summed E-state index contributed by atoms with van der Waals surface area (Å²) in [5.74, 6) is 0.902. The van der Waals surface area contributed by atoms with Crippen molar-refractivity contribution in [2.75, 3.05) is 6.54 Å². The largest absolute Gasteiger partial charge is 0.354 e. The summed E-state index contributed by atoms with van der Waals surface area (Å²) >= 11 is 0. The van der Waals surface area contributed by atoms with Gasteiger partial charge in [0.2, 0.25) is 5.91 Å². The number of aromatic nitrogens is 2. The Bertz CT molecular complexity index is 673. The SMILES string of the molecule is CC(C(=O)NCC1CCCCC1)N1C2C=C(c3ccnn3C)CC1CC2. The zero-order valence-electron chi connectivity index (χ0n) is 16.2. The van der Waals surface area contributed by atoms with Crippen molar-refractivity contribution in [2.45, 2.75) is 76.4 Å². The molecule has 5 heteroatoms. The number of amides is 1. The fourth-order valence-corrected chi connectivity index (χ4v) is 5.26. The molecule has 3 heterocycles. The fraction of sp³-hybridized carbons (Fsp3) is 0.714. The Hall–Kier alpha value is -1.62. The van der Waals surface area contributed by atoms with E-state index in [2.05, 4.69) is 34.4 Å². The molecule has 2 fully saturated rings. The van der Waals surface area contributed by atoms with Gasteiger partial charge in [-0.2, -0.15) is 5.10 Å². The second kappa shape index (κ2) is 7.55. The predicted molar refractivity (Wildman–Crippen MR) is 103 cm³/mol. The first-order valence-corrected chi connectivity index (χ1v) is 10.4. The van der Waals surface area contributed by atoms with E-state index in [0.29, 0.717) is 18.0 Å². The molecule has 3 aliphatic rings. The van der Waals surface area contributed by atoms with Crippen LogP contribution in [0.1, 0.15) is 64.0 Å². The molecule has 3 atom stereocenters. The average Bonchev–Trinajstić information content (AvgIpc) is 3.20. The molecule has 1 N–H and O–H groups in total. The van der Waals surface area contributed by atoms with Gasteiger partial charge < -0.3 is 5.32 Å². The maximum atomic E-state index is 12.8. The maximum Gasteiger partial charge on any atom is 0.237 e. The summed E-state index contributed by atoms with van der Waals surface area (Å²) in [5, 5.41) is 7.56. The summed E-state index contributed by atoms with van der Waals surface area (Å²) < 4.78 is 1.96. The number of rotatable bonds is 5. The van der Waals surface area contributed by atoms with Gasteiger partial charge in [-0.1, -0.05) is 25.3 Å². The predicted octanol–water partition coefficient (Wildman–Crippen LogP) is 3.13. The Labute approximate surface area is 156 Å². The van der Waals surface area contributed by atoms with E-state index in [1.54, 1.807) is 0 Å². The lowest BCUT2D eigenvalue weighted by Crippen LogP contribution is -2.52. The second-order valence-electron chi connectivity index (χ2n) is 8.41. The molecule has 5 nitrogen and oxygen atoms in total. The Morgan fingerprint density at radius 1 is 1.27 bits per heavy atom. The van der Waals surface area contributed by atoms with E-state index >= 15 is 0 Å². The van der Waals surface area contributed by atoms with Gasteiger partial charge in [-0.05, 0) is 56.6 Å². The van der Waals surface area contributed by atoms with Crippen LogP contribution >= 0.6 is 0 Å². The van der Waals surface area contributed by atoms with Crippen molar-refractivity contribution >= 4 is 11.5 Å². The van der Waals surface area contributed by atoms with Crippen LogP contribution in [-0.2, 0) is 11.8 Å². The highest BCUT2D eigenvalue weighted by Gasteiger charge is 2.41. The van der Waals surface area contributed by atoms with Crippen molar-refractivity contribution in [3.8, 4) is 0 Å². The van der Waals surface area contributed by atoms with Crippen LogP contribution in [0, 0.1) is 5.92 Å². The highest BCUT2D eigenvalue weighted by Crippen LogP contribution is 2.39. The Morgan fingerprint density at radius 3 is 2.77 bits per heavy atom. The first-order chi connectivity index (χ1) is 12.6. The molecule has 1 amide bonds. The molecular formula is C21H32N4O. The highest BCUT2D eigenvalue weighted by atomic mass is 16.2. The molecule has 1 saturated carbocycles. The molecule has 4 rings (SSSR count). The third kappa shape index (κ3) is 3.46. The summed E-state index contributed by atoms with van der Waals surface area (Å²) in [7, 11) is 2.01. The first kappa shape index (κ1) is 17.8. The summed E-state index contributed by atoms with van der Waals surface area (Å²) in [5.41, 5.74) is 2.61. The molecule has 1 aromatic heterocycles.